The zero-order valence-electron chi connectivity index (χ0n) is 13.1. The molecule has 6 nitrogen and oxygen atoms in total. The molecule has 1 saturated heterocycles. The fourth-order valence-corrected chi connectivity index (χ4v) is 3.67. The third-order valence-corrected chi connectivity index (χ3v) is 5.03. The minimum absolute atomic E-state index is 0.377. The maximum atomic E-state index is 5.17. The highest BCUT2D eigenvalue weighted by molar-refractivity contribution is 5.38. The Morgan fingerprint density at radius 1 is 1.00 bits per heavy atom. The maximum Gasteiger partial charge on any atom is 0.322 e. The molecule has 1 aliphatic heterocycles. The van der Waals surface area contributed by atoms with Gasteiger partial charge in [0.15, 0.2) is 0 Å². The van der Waals surface area contributed by atoms with E-state index in [1.165, 1.54) is 44.9 Å². The van der Waals surface area contributed by atoms with Crippen LogP contribution >= 0.6 is 0 Å². The van der Waals surface area contributed by atoms with Crippen LogP contribution in [0.25, 0.3) is 0 Å². The van der Waals surface area contributed by atoms with Crippen LogP contribution in [0.5, 0.6) is 6.01 Å². The van der Waals surface area contributed by atoms with Crippen molar-refractivity contribution in [2.75, 3.05) is 37.5 Å². The summed E-state index contributed by atoms with van der Waals surface area (Å²) in [5, 5.41) is 2.97. The number of anilines is 2. The lowest BCUT2D eigenvalue weighted by molar-refractivity contribution is 0.143. The minimum atomic E-state index is 0.377. The van der Waals surface area contributed by atoms with Crippen LogP contribution in [0, 0.1) is 5.41 Å². The molecule has 116 valence electrons. The van der Waals surface area contributed by atoms with Crippen molar-refractivity contribution in [3.05, 3.63) is 0 Å². The van der Waals surface area contributed by atoms with Crippen molar-refractivity contribution < 1.29 is 4.74 Å². The van der Waals surface area contributed by atoms with Crippen LogP contribution in [-0.4, -0.2) is 42.2 Å². The van der Waals surface area contributed by atoms with Gasteiger partial charge in [-0.1, -0.05) is 19.3 Å². The molecule has 0 aromatic carbocycles. The fourth-order valence-electron chi connectivity index (χ4n) is 3.67. The molecule has 6 heteroatoms. The van der Waals surface area contributed by atoms with Gasteiger partial charge in [0, 0.05) is 20.1 Å². The molecule has 0 unspecified atom stereocenters. The predicted molar refractivity (Wildman–Crippen MR) is 82.9 cm³/mol. The van der Waals surface area contributed by atoms with E-state index in [0.29, 0.717) is 17.4 Å². The minimum Gasteiger partial charge on any atom is -0.467 e. The van der Waals surface area contributed by atoms with Crippen molar-refractivity contribution in [3.8, 4) is 6.01 Å². The molecule has 0 amide bonds. The molecule has 1 saturated carbocycles. The third-order valence-electron chi connectivity index (χ3n) is 5.03. The van der Waals surface area contributed by atoms with Crippen LogP contribution in [0.1, 0.15) is 44.9 Å². The molecular weight excluding hydrogens is 266 g/mol. The van der Waals surface area contributed by atoms with Gasteiger partial charge < -0.3 is 15.0 Å². The Morgan fingerprint density at radius 2 is 1.71 bits per heavy atom. The molecule has 1 N–H and O–H groups in total. The van der Waals surface area contributed by atoms with Gasteiger partial charge in [0.1, 0.15) is 0 Å². The summed E-state index contributed by atoms with van der Waals surface area (Å²) in [6.45, 7) is 2.08. The molecule has 2 heterocycles. The largest absolute Gasteiger partial charge is 0.467 e. The second-order valence-corrected chi connectivity index (χ2v) is 6.24. The van der Waals surface area contributed by atoms with Crippen molar-refractivity contribution in [1.82, 2.24) is 15.0 Å². The van der Waals surface area contributed by atoms with E-state index in [4.69, 9.17) is 4.74 Å². The van der Waals surface area contributed by atoms with Gasteiger partial charge >= 0.3 is 6.01 Å². The Kier molecular flexibility index (Phi) is 4.12. The molecule has 0 radical (unpaired) electrons. The summed E-state index contributed by atoms with van der Waals surface area (Å²) < 4.78 is 5.17. The van der Waals surface area contributed by atoms with E-state index in [-0.39, 0.29) is 0 Å². The first-order chi connectivity index (χ1) is 10.2. The lowest BCUT2D eigenvalue weighted by Gasteiger charge is -2.44. The van der Waals surface area contributed by atoms with E-state index < -0.39 is 0 Å². The van der Waals surface area contributed by atoms with E-state index in [1.807, 2.05) is 7.05 Å². The second kappa shape index (κ2) is 6.03. The normalized spacial score (nSPS) is 21.3. The fraction of sp³-hybridized carbons (Fsp3) is 0.800. The van der Waals surface area contributed by atoms with Crippen LogP contribution in [0.4, 0.5) is 11.9 Å². The summed E-state index contributed by atoms with van der Waals surface area (Å²) in [4.78, 5) is 15.3. The van der Waals surface area contributed by atoms with Gasteiger partial charge in [-0.3, -0.25) is 0 Å². The highest BCUT2D eigenvalue weighted by Gasteiger charge is 2.36. The number of hydrogen-bond acceptors (Lipinski definition) is 6. The van der Waals surface area contributed by atoms with Crippen LogP contribution in [0.15, 0.2) is 0 Å². The van der Waals surface area contributed by atoms with Crippen LogP contribution in [0.2, 0.25) is 0 Å². The van der Waals surface area contributed by atoms with Gasteiger partial charge in [-0.15, -0.1) is 0 Å². The highest BCUT2D eigenvalue weighted by Crippen LogP contribution is 2.44. The average molecular weight is 291 g/mol. The van der Waals surface area contributed by atoms with Crippen LogP contribution in [0.3, 0.4) is 0 Å². The molecular formula is C15H25N5O. The number of ether oxygens (including phenoxy) is 1. The smallest absolute Gasteiger partial charge is 0.322 e. The number of rotatable bonds is 3. The van der Waals surface area contributed by atoms with Crippen molar-refractivity contribution in [1.29, 1.82) is 0 Å². The molecule has 1 spiro atoms. The topological polar surface area (TPSA) is 63.2 Å². The monoisotopic (exact) mass is 291 g/mol. The molecule has 21 heavy (non-hydrogen) atoms. The first-order valence-corrected chi connectivity index (χ1v) is 7.97. The molecule has 3 rings (SSSR count). The number of aromatic nitrogens is 3. The first kappa shape index (κ1) is 14.4. The summed E-state index contributed by atoms with van der Waals surface area (Å²) >= 11 is 0. The van der Waals surface area contributed by atoms with E-state index in [2.05, 4.69) is 25.2 Å². The van der Waals surface area contributed by atoms with Gasteiger partial charge in [-0.25, -0.2) is 0 Å². The molecule has 1 aromatic heterocycles. The van der Waals surface area contributed by atoms with Crippen molar-refractivity contribution in [2.24, 2.45) is 5.41 Å². The predicted octanol–water partition coefficient (Wildman–Crippen LogP) is 2.47. The van der Waals surface area contributed by atoms with Gasteiger partial charge in [0.05, 0.1) is 7.11 Å². The van der Waals surface area contributed by atoms with Gasteiger partial charge in [-0.2, -0.15) is 15.0 Å². The van der Waals surface area contributed by atoms with Crippen molar-refractivity contribution >= 4 is 11.9 Å². The lowest BCUT2D eigenvalue weighted by atomic mass is 9.68. The summed E-state index contributed by atoms with van der Waals surface area (Å²) in [5.74, 6) is 1.30. The van der Waals surface area contributed by atoms with Crippen LogP contribution < -0.4 is 15.0 Å². The van der Waals surface area contributed by atoms with E-state index in [9.17, 15) is 0 Å². The molecule has 2 fully saturated rings. The van der Waals surface area contributed by atoms with E-state index in [1.54, 1.807) is 7.11 Å². The number of nitrogens with zero attached hydrogens (tertiary/aromatic N) is 4. The number of hydrogen-bond donors (Lipinski definition) is 1. The number of piperidine rings is 1. The molecule has 1 aromatic rings. The molecule has 0 bridgehead atoms. The summed E-state index contributed by atoms with van der Waals surface area (Å²) in [6, 6.07) is 0.377. The summed E-state index contributed by atoms with van der Waals surface area (Å²) in [7, 11) is 3.40. The van der Waals surface area contributed by atoms with Gasteiger partial charge in [0.2, 0.25) is 11.9 Å². The van der Waals surface area contributed by atoms with Crippen LogP contribution in [-0.2, 0) is 0 Å². The SMILES string of the molecule is CNc1nc(OC)nc(N2CCC3(CCCCC3)CC2)n1. The zero-order chi connectivity index (χ0) is 14.7. The maximum absolute atomic E-state index is 5.17. The lowest BCUT2D eigenvalue weighted by Crippen LogP contribution is -2.42. The first-order valence-electron chi connectivity index (χ1n) is 7.97. The molecule has 2 aliphatic rings. The average Bonchev–Trinajstić information content (AvgIpc) is 2.55. The standard InChI is InChI=1S/C15H25N5O/c1-16-12-17-13(19-14(18-12)21-2)20-10-8-15(9-11-20)6-4-3-5-7-15/h3-11H2,1-2H3,(H,16,17,18,19). The Hall–Kier alpha value is -1.59. The van der Waals surface area contributed by atoms with Gasteiger partial charge in [0.25, 0.3) is 0 Å². The Labute approximate surface area is 126 Å². The zero-order valence-corrected chi connectivity index (χ0v) is 13.1. The quantitative estimate of drug-likeness (QED) is 0.923. The van der Waals surface area contributed by atoms with Gasteiger partial charge in [-0.05, 0) is 31.1 Å². The van der Waals surface area contributed by atoms with E-state index in [0.717, 1.165) is 19.0 Å². The van der Waals surface area contributed by atoms with Crippen molar-refractivity contribution in [3.63, 3.8) is 0 Å². The third kappa shape index (κ3) is 3.04. The Balaban J connectivity index is 1.71. The van der Waals surface area contributed by atoms with Crippen molar-refractivity contribution in [2.45, 2.75) is 44.9 Å². The summed E-state index contributed by atoms with van der Waals surface area (Å²) in [5.41, 5.74) is 0.595. The molecule has 0 atom stereocenters. The number of nitrogens with one attached hydrogen (secondary N) is 1. The molecule has 1 aliphatic carbocycles. The Morgan fingerprint density at radius 3 is 2.33 bits per heavy atom. The van der Waals surface area contributed by atoms with E-state index >= 15 is 0 Å². The summed E-state index contributed by atoms with van der Waals surface area (Å²) in [6.07, 6.45) is 9.56. The Bertz CT molecular complexity index is 455. The number of methoxy groups -OCH3 is 1. The second-order valence-electron chi connectivity index (χ2n) is 6.24. The highest BCUT2D eigenvalue weighted by atomic mass is 16.5.